The molecule has 0 radical (unpaired) electrons. The quantitative estimate of drug-likeness (QED) is 0.864. The number of nitrogens with zero attached hydrogens (tertiary/aromatic N) is 2. The SMILES string of the molecule is CC(NS(=O)(=O)c1cc(C(=O)O)n(C)c1)c1nccs1. The first kappa shape index (κ1) is 14.7. The second-order valence-corrected chi connectivity index (χ2v) is 6.83. The van der Waals surface area contributed by atoms with Crippen molar-refractivity contribution in [3.05, 3.63) is 34.5 Å². The highest BCUT2D eigenvalue weighted by Crippen LogP contribution is 2.19. The van der Waals surface area contributed by atoms with Crippen LogP contribution in [-0.4, -0.2) is 29.0 Å². The van der Waals surface area contributed by atoms with E-state index in [0.717, 1.165) is 6.07 Å². The second-order valence-electron chi connectivity index (χ2n) is 4.19. The Morgan fingerprint density at radius 2 is 2.25 bits per heavy atom. The Morgan fingerprint density at radius 3 is 2.75 bits per heavy atom. The Kier molecular flexibility index (Phi) is 3.93. The van der Waals surface area contributed by atoms with Crippen LogP contribution < -0.4 is 4.72 Å². The average molecular weight is 315 g/mol. The number of rotatable bonds is 5. The van der Waals surface area contributed by atoms with Crippen LogP contribution in [-0.2, 0) is 17.1 Å². The molecule has 1 atom stereocenters. The van der Waals surface area contributed by atoms with Crippen LogP contribution in [0, 0.1) is 0 Å². The van der Waals surface area contributed by atoms with E-state index in [2.05, 4.69) is 9.71 Å². The van der Waals surface area contributed by atoms with E-state index in [1.165, 1.54) is 29.1 Å². The molecule has 7 nitrogen and oxygen atoms in total. The number of aromatic carboxylic acids is 1. The Hall–Kier alpha value is -1.71. The smallest absolute Gasteiger partial charge is 0.352 e. The van der Waals surface area contributed by atoms with Crippen molar-refractivity contribution in [3.63, 3.8) is 0 Å². The monoisotopic (exact) mass is 315 g/mol. The number of hydrogen-bond acceptors (Lipinski definition) is 5. The maximum absolute atomic E-state index is 12.2. The van der Waals surface area contributed by atoms with E-state index in [-0.39, 0.29) is 10.6 Å². The molecular weight excluding hydrogens is 302 g/mol. The summed E-state index contributed by atoms with van der Waals surface area (Å²) in [5.74, 6) is -1.18. The molecule has 2 rings (SSSR count). The summed E-state index contributed by atoms with van der Waals surface area (Å²) < 4.78 is 28.1. The van der Waals surface area contributed by atoms with E-state index >= 15 is 0 Å². The van der Waals surface area contributed by atoms with Crippen molar-refractivity contribution < 1.29 is 18.3 Å². The molecule has 0 saturated heterocycles. The van der Waals surface area contributed by atoms with Crippen molar-refractivity contribution in [2.75, 3.05) is 0 Å². The van der Waals surface area contributed by atoms with Crippen LogP contribution >= 0.6 is 11.3 Å². The van der Waals surface area contributed by atoms with Crippen molar-refractivity contribution in [1.29, 1.82) is 0 Å². The van der Waals surface area contributed by atoms with Gasteiger partial charge in [-0.15, -0.1) is 11.3 Å². The number of aryl methyl sites for hydroxylation is 1. The molecule has 9 heteroatoms. The zero-order valence-corrected chi connectivity index (χ0v) is 12.4. The van der Waals surface area contributed by atoms with E-state index < -0.39 is 22.0 Å². The lowest BCUT2D eigenvalue weighted by Crippen LogP contribution is -2.26. The van der Waals surface area contributed by atoms with Crippen molar-refractivity contribution in [3.8, 4) is 0 Å². The average Bonchev–Trinajstić information content (AvgIpc) is 2.96. The second kappa shape index (κ2) is 5.35. The van der Waals surface area contributed by atoms with E-state index in [1.807, 2.05) is 0 Å². The number of carbonyl (C=O) groups is 1. The normalized spacial score (nSPS) is 13.3. The molecule has 2 aromatic rings. The molecule has 20 heavy (non-hydrogen) atoms. The van der Waals surface area contributed by atoms with Gasteiger partial charge in [-0.05, 0) is 13.0 Å². The van der Waals surface area contributed by atoms with E-state index in [1.54, 1.807) is 18.5 Å². The molecule has 2 N–H and O–H groups in total. The third kappa shape index (κ3) is 2.89. The zero-order valence-electron chi connectivity index (χ0n) is 10.8. The van der Waals surface area contributed by atoms with Crippen molar-refractivity contribution in [1.82, 2.24) is 14.3 Å². The molecule has 0 spiro atoms. The fourth-order valence-electron chi connectivity index (χ4n) is 1.69. The third-order valence-corrected chi connectivity index (χ3v) is 5.13. The van der Waals surface area contributed by atoms with Crippen LogP contribution in [0.25, 0.3) is 0 Å². The predicted octanol–water partition coefficient (Wildman–Crippen LogP) is 1.22. The molecule has 2 heterocycles. The van der Waals surface area contributed by atoms with Crippen LogP contribution in [0.3, 0.4) is 0 Å². The van der Waals surface area contributed by atoms with Crippen LogP contribution in [0.5, 0.6) is 0 Å². The summed E-state index contributed by atoms with van der Waals surface area (Å²) in [5.41, 5.74) is -0.0905. The van der Waals surface area contributed by atoms with Gasteiger partial charge in [0.05, 0.1) is 6.04 Å². The standard InChI is InChI=1S/C11H13N3O4S2/c1-7(10-12-3-4-19-10)13-20(17,18)8-5-9(11(15)16)14(2)6-8/h3-7,13H,1-2H3,(H,15,16). The lowest BCUT2D eigenvalue weighted by Gasteiger charge is -2.10. The van der Waals surface area contributed by atoms with Gasteiger partial charge in [0, 0.05) is 24.8 Å². The zero-order chi connectivity index (χ0) is 14.9. The summed E-state index contributed by atoms with van der Waals surface area (Å²) in [7, 11) is -2.31. The van der Waals surface area contributed by atoms with Crippen LogP contribution in [0.4, 0.5) is 0 Å². The van der Waals surface area contributed by atoms with Gasteiger partial charge in [0.25, 0.3) is 0 Å². The first-order valence-corrected chi connectivity index (χ1v) is 7.99. The van der Waals surface area contributed by atoms with Gasteiger partial charge >= 0.3 is 5.97 Å². The van der Waals surface area contributed by atoms with Gasteiger partial charge in [-0.25, -0.2) is 22.9 Å². The number of nitrogens with one attached hydrogen (secondary N) is 1. The molecule has 0 fully saturated rings. The first-order valence-electron chi connectivity index (χ1n) is 5.62. The number of aromatic nitrogens is 2. The Bertz CT molecular complexity index is 719. The summed E-state index contributed by atoms with van der Waals surface area (Å²) in [4.78, 5) is 14.9. The molecule has 1 unspecified atom stereocenters. The molecule has 0 saturated carbocycles. The van der Waals surface area contributed by atoms with Gasteiger partial charge < -0.3 is 9.67 Å². The molecule has 0 bridgehead atoms. The van der Waals surface area contributed by atoms with Crippen molar-refractivity contribution in [2.45, 2.75) is 17.9 Å². The van der Waals surface area contributed by atoms with Gasteiger partial charge in [0.1, 0.15) is 15.6 Å². The maximum atomic E-state index is 12.2. The van der Waals surface area contributed by atoms with Crippen LogP contribution in [0.1, 0.15) is 28.5 Å². The number of carboxylic acids is 1. The molecule has 108 valence electrons. The summed E-state index contributed by atoms with van der Waals surface area (Å²) in [6.07, 6.45) is 2.86. The number of carboxylic acid groups (broad SMARTS) is 1. The Labute approximate surface area is 119 Å². The maximum Gasteiger partial charge on any atom is 0.352 e. The highest BCUT2D eigenvalue weighted by Gasteiger charge is 2.23. The lowest BCUT2D eigenvalue weighted by molar-refractivity contribution is 0.0686. The number of thiazole rings is 1. The minimum absolute atomic E-state index is 0.0826. The summed E-state index contributed by atoms with van der Waals surface area (Å²) in [6.45, 7) is 1.68. The van der Waals surface area contributed by atoms with Crippen molar-refractivity contribution >= 4 is 27.3 Å². The van der Waals surface area contributed by atoms with Gasteiger partial charge in [-0.3, -0.25) is 0 Å². The Balaban J connectivity index is 2.27. The Morgan fingerprint density at radius 1 is 1.55 bits per heavy atom. The fraction of sp³-hybridized carbons (Fsp3) is 0.273. The predicted molar refractivity (Wildman–Crippen MR) is 73.2 cm³/mol. The van der Waals surface area contributed by atoms with Gasteiger partial charge in [-0.2, -0.15) is 0 Å². The highest BCUT2D eigenvalue weighted by molar-refractivity contribution is 7.89. The molecule has 2 aromatic heterocycles. The lowest BCUT2D eigenvalue weighted by atomic mass is 10.4. The van der Waals surface area contributed by atoms with E-state index in [9.17, 15) is 13.2 Å². The topological polar surface area (TPSA) is 101 Å². The molecule has 0 aliphatic carbocycles. The highest BCUT2D eigenvalue weighted by atomic mass is 32.2. The van der Waals surface area contributed by atoms with E-state index in [4.69, 9.17) is 5.11 Å². The van der Waals surface area contributed by atoms with Crippen molar-refractivity contribution in [2.24, 2.45) is 7.05 Å². The number of hydrogen-bond donors (Lipinski definition) is 2. The fourth-order valence-corrected chi connectivity index (χ4v) is 3.69. The van der Waals surface area contributed by atoms with Crippen LogP contribution in [0.2, 0.25) is 0 Å². The van der Waals surface area contributed by atoms with Gasteiger partial charge in [0.2, 0.25) is 10.0 Å². The van der Waals surface area contributed by atoms with E-state index in [0.29, 0.717) is 5.01 Å². The summed E-state index contributed by atoms with van der Waals surface area (Å²) in [6, 6.07) is 0.646. The molecule has 0 aliphatic heterocycles. The third-order valence-electron chi connectivity index (χ3n) is 2.66. The minimum Gasteiger partial charge on any atom is -0.477 e. The van der Waals surface area contributed by atoms with Gasteiger partial charge in [0.15, 0.2) is 0 Å². The summed E-state index contributed by atoms with van der Waals surface area (Å²) in [5, 5.41) is 11.3. The minimum atomic E-state index is -3.79. The van der Waals surface area contributed by atoms with Crippen LogP contribution in [0.15, 0.2) is 28.7 Å². The van der Waals surface area contributed by atoms with Gasteiger partial charge in [-0.1, -0.05) is 0 Å². The first-order chi connectivity index (χ1) is 9.31. The number of sulfonamides is 1. The molecule has 0 amide bonds. The molecule has 0 aliphatic rings. The largest absolute Gasteiger partial charge is 0.477 e. The molecular formula is C11H13N3O4S2. The summed E-state index contributed by atoms with van der Waals surface area (Å²) >= 11 is 1.34. The molecule has 0 aromatic carbocycles.